The molecule has 0 aromatic heterocycles. The summed E-state index contributed by atoms with van der Waals surface area (Å²) in [4.78, 5) is 23.9. The molecule has 3 aromatic rings. The van der Waals surface area contributed by atoms with Crippen LogP contribution in [0.3, 0.4) is 0 Å². The first-order chi connectivity index (χ1) is 15.5. The maximum Gasteiger partial charge on any atom is 0.311 e. The van der Waals surface area contributed by atoms with Gasteiger partial charge < -0.3 is 19.5 Å². The quantitative estimate of drug-likeness (QED) is 0.391. The van der Waals surface area contributed by atoms with E-state index in [1.165, 1.54) is 18.2 Å². The van der Waals surface area contributed by atoms with Crippen molar-refractivity contribution in [3.63, 3.8) is 0 Å². The smallest absolute Gasteiger partial charge is 0.311 e. The van der Waals surface area contributed by atoms with Crippen molar-refractivity contribution in [1.82, 2.24) is 5.32 Å². The molecule has 0 bridgehead atoms. The van der Waals surface area contributed by atoms with Crippen LogP contribution in [0.4, 0.5) is 5.69 Å². The third kappa shape index (κ3) is 5.15. The number of methoxy groups -OCH3 is 2. The third-order valence-corrected chi connectivity index (χ3v) is 4.89. The van der Waals surface area contributed by atoms with E-state index in [4.69, 9.17) is 14.2 Å². The summed E-state index contributed by atoms with van der Waals surface area (Å²) < 4.78 is 15.7. The molecule has 166 valence electrons. The predicted molar refractivity (Wildman–Crippen MR) is 120 cm³/mol. The number of hydrogen-bond acceptors (Lipinski definition) is 6. The number of amides is 1. The van der Waals surface area contributed by atoms with E-state index in [0.29, 0.717) is 11.5 Å². The molecule has 3 aromatic carbocycles. The normalized spacial score (nSPS) is 10.5. The summed E-state index contributed by atoms with van der Waals surface area (Å²) in [5, 5.41) is 14.4. The van der Waals surface area contributed by atoms with Gasteiger partial charge in [0, 0.05) is 11.6 Å². The molecule has 0 aliphatic heterocycles. The van der Waals surface area contributed by atoms with Gasteiger partial charge in [0.2, 0.25) is 0 Å². The molecular formula is C24H24N2O6. The SMILES string of the molecule is CCOc1ccc(C(=O)NC(c2ccc(OC)cc2)c2ccc(OC)cc2)cc1[N+](=O)[O-]. The topological polar surface area (TPSA) is 99.9 Å². The number of carbonyl (C=O) groups excluding carboxylic acids is 1. The number of rotatable bonds is 9. The van der Waals surface area contributed by atoms with E-state index in [1.54, 1.807) is 45.4 Å². The number of nitrogens with one attached hydrogen (secondary N) is 1. The van der Waals surface area contributed by atoms with Crippen molar-refractivity contribution in [2.45, 2.75) is 13.0 Å². The molecule has 0 atom stereocenters. The van der Waals surface area contributed by atoms with E-state index in [9.17, 15) is 14.9 Å². The van der Waals surface area contributed by atoms with Crippen molar-refractivity contribution in [3.8, 4) is 17.2 Å². The van der Waals surface area contributed by atoms with Gasteiger partial charge in [-0.25, -0.2) is 0 Å². The van der Waals surface area contributed by atoms with Crippen LogP contribution in [0.15, 0.2) is 66.7 Å². The highest BCUT2D eigenvalue weighted by atomic mass is 16.6. The predicted octanol–water partition coefficient (Wildman–Crippen LogP) is 4.53. The summed E-state index contributed by atoms with van der Waals surface area (Å²) in [6, 6.07) is 18.3. The minimum atomic E-state index is -0.563. The van der Waals surface area contributed by atoms with Crippen LogP contribution < -0.4 is 19.5 Å². The zero-order valence-electron chi connectivity index (χ0n) is 18.0. The van der Waals surface area contributed by atoms with Gasteiger partial charge in [0.05, 0.1) is 31.8 Å². The summed E-state index contributed by atoms with van der Waals surface area (Å²) in [6.45, 7) is 2.02. The average Bonchev–Trinajstić information content (AvgIpc) is 2.83. The largest absolute Gasteiger partial charge is 0.497 e. The van der Waals surface area contributed by atoms with Crippen molar-refractivity contribution in [1.29, 1.82) is 0 Å². The van der Waals surface area contributed by atoms with Crippen LogP contribution >= 0.6 is 0 Å². The highest BCUT2D eigenvalue weighted by Crippen LogP contribution is 2.30. The van der Waals surface area contributed by atoms with E-state index < -0.39 is 16.9 Å². The van der Waals surface area contributed by atoms with E-state index in [-0.39, 0.29) is 23.6 Å². The van der Waals surface area contributed by atoms with Crippen molar-refractivity contribution in [2.24, 2.45) is 0 Å². The number of nitro benzene ring substituents is 1. The Morgan fingerprint density at radius 1 is 0.938 bits per heavy atom. The van der Waals surface area contributed by atoms with Crippen molar-refractivity contribution in [3.05, 3.63) is 93.5 Å². The van der Waals surface area contributed by atoms with Gasteiger partial charge in [-0.05, 0) is 54.4 Å². The molecule has 8 heteroatoms. The van der Waals surface area contributed by atoms with Crippen LogP contribution in [0.5, 0.6) is 17.2 Å². The lowest BCUT2D eigenvalue weighted by Gasteiger charge is -2.21. The first-order valence-electron chi connectivity index (χ1n) is 9.96. The summed E-state index contributed by atoms with van der Waals surface area (Å²) in [6.07, 6.45) is 0. The van der Waals surface area contributed by atoms with Gasteiger partial charge in [-0.3, -0.25) is 14.9 Å². The lowest BCUT2D eigenvalue weighted by Crippen LogP contribution is -2.29. The maximum atomic E-state index is 13.1. The Kier molecular flexibility index (Phi) is 7.28. The van der Waals surface area contributed by atoms with Gasteiger partial charge in [0.1, 0.15) is 11.5 Å². The van der Waals surface area contributed by atoms with E-state index in [1.807, 2.05) is 24.3 Å². The molecule has 0 saturated heterocycles. The fraction of sp³-hybridized carbons (Fsp3) is 0.208. The van der Waals surface area contributed by atoms with Gasteiger partial charge in [-0.1, -0.05) is 24.3 Å². The second-order valence-electron chi connectivity index (χ2n) is 6.83. The van der Waals surface area contributed by atoms with Gasteiger partial charge in [0.15, 0.2) is 5.75 Å². The maximum absolute atomic E-state index is 13.1. The number of benzene rings is 3. The van der Waals surface area contributed by atoms with Crippen LogP contribution in [0.25, 0.3) is 0 Å². The molecule has 0 aliphatic rings. The molecule has 1 N–H and O–H groups in total. The van der Waals surface area contributed by atoms with Crippen LogP contribution in [0, 0.1) is 10.1 Å². The highest BCUT2D eigenvalue weighted by molar-refractivity contribution is 5.95. The molecule has 32 heavy (non-hydrogen) atoms. The first-order valence-corrected chi connectivity index (χ1v) is 9.96. The standard InChI is InChI=1S/C24H24N2O6/c1-4-32-22-14-9-18(15-21(22)26(28)29)24(27)25-23(16-5-10-19(30-2)11-6-16)17-7-12-20(31-3)13-8-17/h5-15,23H,4H2,1-3H3,(H,25,27). The van der Waals surface area contributed by atoms with E-state index >= 15 is 0 Å². The fourth-order valence-corrected chi connectivity index (χ4v) is 3.25. The Morgan fingerprint density at radius 3 is 1.91 bits per heavy atom. The third-order valence-electron chi connectivity index (χ3n) is 4.89. The molecule has 0 spiro atoms. The minimum Gasteiger partial charge on any atom is -0.497 e. The van der Waals surface area contributed by atoms with Gasteiger partial charge >= 0.3 is 5.69 Å². The Hall–Kier alpha value is -4.07. The van der Waals surface area contributed by atoms with E-state index in [0.717, 1.165) is 11.1 Å². The molecule has 8 nitrogen and oxygen atoms in total. The molecule has 0 aliphatic carbocycles. The number of ether oxygens (including phenoxy) is 3. The number of carbonyl (C=O) groups is 1. The monoisotopic (exact) mass is 436 g/mol. The van der Waals surface area contributed by atoms with Crippen LogP contribution in [-0.2, 0) is 0 Å². The van der Waals surface area contributed by atoms with Crippen LogP contribution in [0.2, 0.25) is 0 Å². The Labute approximate surface area is 185 Å². The second-order valence-corrected chi connectivity index (χ2v) is 6.83. The minimum absolute atomic E-state index is 0.121. The summed E-state index contributed by atoms with van der Waals surface area (Å²) in [7, 11) is 3.16. The molecule has 0 saturated carbocycles. The number of hydrogen-bond donors (Lipinski definition) is 1. The summed E-state index contributed by atoms with van der Waals surface area (Å²) >= 11 is 0. The Morgan fingerprint density at radius 2 is 1.47 bits per heavy atom. The van der Waals surface area contributed by atoms with Crippen molar-refractivity contribution in [2.75, 3.05) is 20.8 Å². The van der Waals surface area contributed by atoms with Crippen molar-refractivity contribution < 1.29 is 23.9 Å². The molecule has 0 radical (unpaired) electrons. The molecule has 1 amide bonds. The highest BCUT2D eigenvalue weighted by Gasteiger charge is 2.22. The first kappa shape index (κ1) is 22.6. The Bertz CT molecular complexity index is 1030. The molecule has 0 fully saturated rings. The van der Waals surface area contributed by atoms with Crippen molar-refractivity contribution >= 4 is 11.6 Å². The Balaban J connectivity index is 1.95. The lowest BCUT2D eigenvalue weighted by molar-refractivity contribution is -0.385. The molecule has 0 unspecified atom stereocenters. The second kappa shape index (κ2) is 10.3. The summed E-state index contributed by atoms with van der Waals surface area (Å²) in [5.74, 6) is 1.05. The zero-order chi connectivity index (χ0) is 23.1. The fourth-order valence-electron chi connectivity index (χ4n) is 3.25. The number of nitrogens with zero attached hydrogens (tertiary/aromatic N) is 1. The van der Waals surface area contributed by atoms with Gasteiger partial charge in [-0.2, -0.15) is 0 Å². The van der Waals surface area contributed by atoms with E-state index in [2.05, 4.69) is 5.32 Å². The zero-order valence-corrected chi connectivity index (χ0v) is 18.0. The molecule has 3 rings (SSSR count). The van der Waals surface area contributed by atoms with Gasteiger partial charge in [-0.15, -0.1) is 0 Å². The van der Waals surface area contributed by atoms with Gasteiger partial charge in [0.25, 0.3) is 5.91 Å². The average molecular weight is 436 g/mol. The lowest BCUT2D eigenvalue weighted by atomic mass is 9.98. The number of nitro groups is 1. The molecular weight excluding hydrogens is 412 g/mol. The summed E-state index contributed by atoms with van der Waals surface area (Å²) in [5.41, 5.74) is 1.55. The van der Waals surface area contributed by atoms with Crippen LogP contribution in [0.1, 0.15) is 34.5 Å². The molecule has 0 heterocycles. The van der Waals surface area contributed by atoms with Crippen LogP contribution in [-0.4, -0.2) is 31.7 Å².